The zero-order valence-corrected chi connectivity index (χ0v) is 6.64. The number of carboxylic acids is 2. The first-order valence-corrected chi connectivity index (χ1v) is 3.85. The maximum atomic E-state index is 10.7. The van der Waals surface area contributed by atoms with Gasteiger partial charge in [0.05, 0.1) is 18.6 Å². The van der Waals surface area contributed by atoms with Crippen molar-refractivity contribution in [1.29, 1.82) is 0 Å². The van der Waals surface area contributed by atoms with Crippen LogP contribution in [0.5, 0.6) is 0 Å². The van der Waals surface area contributed by atoms with Gasteiger partial charge in [-0.2, -0.15) is 0 Å². The van der Waals surface area contributed by atoms with Crippen LogP contribution in [0.1, 0.15) is 0 Å². The van der Waals surface area contributed by atoms with Crippen molar-refractivity contribution >= 4 is 11.9 Å². The van der Waals surface area contributed by atoms with Gasteiger partial charge >= 0.3 is 11.9 Å². The first-order chi connectivity index (χ1) is 5.98. The van der Waals surface area contributed by atoms with Gasteiger partial charge in [0.1, 0.15) is 5.54 Å². The van der Waals surface area contributed by atoms with Gasteiger partial charge in [-0.3, -0.25) is 9.59 Å². The topological polar surface area (TPSA) is 110 Å². The van der Waals surface area contributed by atoms with Gasteiger partial charge in [0.25, 0.3) is 0 Å². The van der Waals surface area contributed by atoms with Gasteiger partial charge in [0, 0.05) is 5.92 Å². The molecule has 0 aromatic carbocycles. The van der Waals surface area contributed by atoms with E-state index in [0.29, 0.717) is 0 Å². The molecule has 1 unspecified atom stereocenters. The fourth-order valence-electron chi connectivity index (χ4n) is 1.93. The van der Waals surface area contributed by atoms with Crippen molar-refractivity contribution in [3.63, 3.8) is 0 Å². The summed E-state index contributed by atoms with van der Waals surface area (Å²) < 4.78 is 4.99. The fraction of sp³-hybridized carbons (Fsp3) is 0.714. The molecule has 1 aliphatic heterocycles. The summed E-state index contributed by atoms with van der Waals surface area (Å²) in [6.07, 6.45) is -0.501. The molecule has 0 amide bonds. The fourth-order valence-corrected chi connectivity index (χ4v) is 1.93. The number of carboxylic acid groups (broad SMARTS) is 2. The number of fused-ring (bicyclic) bond motifs is 1. The van der Waals surface area contributed by atoms with Crippen molar-refractivity contribution < 1.29 is 24.5 Å². The maximum absolute atomic E-state index is 10.7. The van der Waals surface area contributed by atoms with E-state index in [4.69, 9.17) is 20.7 Å². The summed E-state index contributed by atoms with van der Waals surface area (Å²) >= 11 is 0. The number of hydrogen-bond donors (Lipinski definition) is 3. The second kappa shape index (κ2) is 2.21. The molecule has 2 fully saturated rings. The van der Waals surface area contributed by atoms with Crippen LogP contribution < -0.4 is 5.73 Å². The lowest BCUT2D eigenvalue weighted by Crippen LogP contribution is -2.52. The molecule has 0 aromatic heterocycles. The largest absolute Gasteiger partial charge is 0.481 e. The molecular weight excluding hydrogens is 178 g/mol. The van der Waals surface area contributed by atoms with Gasteiger partial charge < -0.3 is 20.7 Å². The smallest absolute Gasteiger partial charge is 0.326 e. The van der Waals surface area contributed by atoms with Crippen molar-refractivity contribution in [3.05, 3.63) is 0 Å². The molecule has 13 heavy (non-hydrogen) atoms. The Hall–Kier alpha value is -1.14. The number of hydrogen-bond acceptors (Lipinski definition) is 4. The number of rotatable bonds is 2. The van der Waals surface area contributed by atoms with Crippen LogP contribution in [0.4, 0.5) is 0 Å². The van der Waals surface area contributed by atoms with Crippen LogP contribution in [0.25, 0.3) is 0 Å². The van der Waals surface area contributed by atoms with Crippen LogP contribution in [-0.2, 0) is 14.3 Å². The van der Waals surface area contributed by atoms with E-state index in [9.17, 15) is 9.59 Å². The van der Waals surface area contributed by atoms with Gasteiger partial charge in [-0.25, -0.2) is 0 Å². The van der Waals surface area contributed by atoms with Crippen molar-refractivity contribution in [2.45, 2.75) is 11.6 Å². The first-order valence-electron chi connectivity index (χ1n) is 3.85. The van der Waals surface area contributed by atoms with Crippen LogP contribution in [0.3, 0.4) is 0 Å². The Morgan fingerprint density at radius 3 is 2.46 bits per heavy atom. The molecule has 1 heterocycles. The van der Waals surface area contributed by atoms with Gasteiger partial charge in [0.15, 0.2) is 0 Å². The summed E-state index contributed by atoms with van der Waals surface area (Å²) in [7, 11) is 0. The predicted molar refractivity (Wildman–Crippen MR) is 38.9 cm³/mol. The van der Waals surface area contributed by atoms with Crippen molar-refractivity contribution in [1.82, 2.24) is 0 Å². The van der Waals surface area contributed by atoms with Gasteiger partial charge in [-0.1, -0.05) is 0 Å². The molecule has 6 nitrogen and oxygen atoms in total. The molecule has 2 aliphatic rings. The third-order valence-electron chi connectivity index (χ3n) is 2.75. The average Bonchev–Trinajstić information content (AvgIpc) is 2.66. The molecule has 1 aliphatic carbocycles. The Bertz CT molecular complexity index is 291. The molecule has 0 aromatic rings. The molecule has 1 saturated carbocycles. The molecule has 0 bridgehead atoms. The molecule has 4 N–H and O–H groups in total. The van der Waals surface area contributed by atoms with Gasteiger partial charge in [-0.15, -0.1) is 0 Å². The molecule has 1 saturated heterocycles. The summed E-state index contributed by atoms with van der Waals surface area (Å²) in [4.78, 5) is 21.3. The highest BCUT2D eigenvalue weighted by atomic mass is 16.5. The van der Waals surface area contributed by atoms with Crippen LogP contribution in [0, 0.1) is 11.8 Å². The Kier molecular flexibility index (Phi) is 1.44. The third-order valence-corrected chi connectivity index (χ3v) is 2.75. The first kappa shape index (κ1) is 8.46. The standard InChI is InChI=1S/C7H9NO5/c8-7(6(11)12)1-13-4-2(3(4)7)5(9)10/h2-4H,1,8H2,(H,9,10)(H,11,12)/t2-,3?,4+,7+/m1/s1. The normalized spacial score (nSPS) is 47.0. The van der Waals surface area contributed by atoms with Crippen molar-refractivity contribution in [3.8, 4) is 0 Å². The summed E-state index contributed by atoms with van der Waals surface area (Å²) in [5.74, 6) is -3.54. The zero-order chi connectivity index (χ0) is 9.80. The van der Waals surface area contributed by atoms with E-state index >= 15 is 0 Å². The Balaban J connectivity index is 2.20. The van der Waals surface area contributed by atoms with E-state index in [0.717, 1.165) is 0 Å². The van der Waals surface area contributed by atoms with Crippen LogP contribution in [0.15, 0.2) is 0 Å². The Labute approximate surface area is 73.3 Å². The van der Waals surface area contributed by atoms with Gasteiger partial charge in [-0.05, 0) is 0 Å². The minimum Gasteiger partial charge on any atom is -0.481 e. The molecule has 0 spiro atoms. The lowest BCUT2D eigenvalue weighted by atomic mass is 9.95. The average molecular weight is 187 g/mol. The lowest BCUT2D eigenvalue weighted by molar-refractivity contribution is -0.147. The van der Waals surface area contributed by atoms with E-state index < -0.39 is 35.4 Å². The highest BCUT2D eigenvalue weighted by molar-refractivity contribution is 5.85. The van der Waals surface area contributed by atoms with Crippen molar-refractivity contribution in [2.75, 3.05) is 6.61 Å². The van der Waals surface area contributed by atoms with Crippen LogP contribution in [-0.4, -0.2) is 40.4 Å². The Morgan fingerprint density at radius 2 is 2.08 bits per heavy atom. The minimum atomic E-state index is -1.51. The zero-order valence-electron chi connectivity index (χ0n) is 6.64. The molecule has 0 radical (unpaired) electrons. The van der Waals surface area contributed by atoms with E-state index in [1.165, 1.54) is 0 Å². The second-order valence-electron chi connectivity index (χ2n) is 3.51. The van der Waals surface area contributed by atoms with E-state index in [2.05, 4.69) is 0 Å². The molecular formula is C7H9NO5. The van der Waals surface area contributed by atoms with E-state index in [-0.39, 0.29) is 6.61 Å². The number of aliphatic carboxylic acids is 2. The quantitative estimate of drug-likeness (QED) is 0.485. The third kappa shape index (κ3) is 0.895. The summed E-state index contributed by atoms with van der Waals surface area (Å²) in [5.41, 5.74) is 4.02. The van der Waals surface area contributed by atoms with Crippen LogP contribution in [0.2, 0.25) is 0 Å². The number of nitrogens with two attached hydrogens (primary N) is 1. The summed E-state index contributed by atoms with van der Waals surface area (Å²) in [5, 5.41) is 17.4. The number of carbonyl (C=O) groups is 2. The Morgan fingerprint density at radius 1 is 1.46 bits per heavy atom. The minimum absolute atomic E-state index is 0.0958. The maximum Gasteiger partial charge on any atom is 0.326 e. The molecule has 4 atom stereocenters. The van der Waals surface area contributed by atoms with Crippen molar-refractivity contribution in [2.24, 2.45) is 17.6 Å². The molecule has 72 valence electrons. The SMILES string of the molecule is N[C@@]1(C(=O)O)CO[C@@H]2C1[C@H]2C(=O)O. The predicted octanol–water partition coefficient (Wildman–Crippen LogP) is -1.50. The molecule has 6 heteroatoms. The van der Waals surface area contributed by atoms with Crippen LogP contribution >= 0.6 is 0 Å². The highest BCUT2D eigenvalue weighted by Crippen LogP contribution is 2.53. The van der Waals surface area contributed by atoms with Gasteiger partial charge in [0.2, 0.25) is 0 Å². The second-order valence-corrected chi connectivity index (χ2v) is 3.51. The lowest BCUT2D eigenvalue weighted by Gasteiger charge is -2.19. The monoisotopic (exact) mass is 187 g/mol. The summed E-state index contributed by atoms with van der Waals surface area (Å²) in [6.45, 7) is -0.0958. The molecule has 2 rings (SSSR count). The highest BCUT2D eigenvalue weighted by Gasteiger charge is 2.72. The van der Waals surface area contributed by atoms with E-state index in [1.807, 2.05) is 0 Å². The number of ether oxygens (including phenoxy) is 1. The summed E-state index contributed by atoms with van der Waals surface area (Å²) in [6, 6.07) is 0. The van der Waals surface area contributed by atoms with E-state index in [1.54, 1.807) is 0 Å².